The number of unbranched alkanes of at least 4 members (excludes halogenated alkanes) is 2. The number of aliphatic imine (C=N–C) groups is 2. The summed E-state index contributed by atoms with van der Waals surface area (Å²) in [6.07, 6.45) is 13.6. The number of carbonyl (C=O) groups excluding carboxylic acids is 7. The highest BCUT2D eigenvalue weighted by atomic mass is 16.5. The lowest BCUT2D eigenvalue weighted by atomic mass is 9.88. The molecule has 1 unspecified atom stereocenters. The zero-order valence-corrected chi connectivity index (χ0v) is 49.0. The molecule has 444 valence electrons. The maximum Gasteiger partial charge on any atom is 0.260 e. The van der Waals surface area contributed by atoms with E-state index in [0.29, 0.717) is 96.3 Å². The highest BCUT2D eigenvalue weighted by Gasteiger charge is 2.36. The van der Waals surface area contributed by atoms with Crippen molar-refractivity contribution >= 4 is 87.6 Å². The Labute approximate surface area is 495 Å². The Hall–Kier alpha value is -8.91. The van der Waals surface area contributed by atoms with Gasteiger partial charge < -0.3 is 49.2 Å². The van der Waals surface area contributed by atoms with Crippen molar-refractivity contribution in [1.29, 1.82) is 0 Å². The van der Waals surface area contributed by atoms with Crippen molar-refractivity contribution in [3.05, 3.63) is 120 Å². The number of hydrogen-bond acceptors (Lipinski definition) is 15. The van der Waals surface area contributed by atoms with E-state index in [0.717, 1.165) is 48.5 Å². The molecule has 4 aromatic carbocycles. The van der Waals surface area contributed by atoms with Gasteiger partial charge in [-0.1, -0.05) is 44.5 Å². The molecule has 0 aromatic heterocycles. The van der Waals surface area contributed by atoms with E-state index in [2.05, 4.69) is 51.7 Å². The summed E-state index contributed by atoms with van der Waals surface area (Å²) in [5.74, 6) is -1.04. The average Bonchev–Trinajstić information content (AvgIpc) is 2.83. The van der Waals surface area contributed by atoms with Crippen LogP contribution in [0.25, 0.3) is 11.1 Å². The number of imide groups is 1. The van der Waals surface area contributed by atoms with E-state index in [1.54, 1.807) is 59.3 Å². The molecule has 1 saturated heterocycles. The summed E-state index contributed by atoms with van der Waals surface area (Å²) in [6, 6.07) is 21.2. The van der Waals surface area contributed by atoms with Crippen molar-refractivity contribution in [2.45, 2.75) is 90.3 Å². The second-order valence-corrected chi connectivity index (χ2v) is 22.6. The number of benzene rings is 4. The highest BCUT2D eigenvalue weighted by molar-refractivity contribution is 6.13. The van der Waals surface area contributed by atoms with Crippen LogP contribution >= 0.6 is 0 Å². The van der Waals surface area contributed by atoms with Gasteiger partial charge in [-0.3, -0.25) is 48.4 Å². The summed E-state index contributed by atoms with van der Waals surface area (Å²) in [6.45, 7) is 10.2. The smallest absolute Gasteiger partial charge is 0.260 e. The number of ketones is 1. The van der Waals surface area contributed by atoms with Crippen molar-refractivity contribution in [2.24, 2.45) is 21.8 Å². The van der Waals surface area contributed by atoms with Crippen LogP contribution in [0.1, 0.15) is 104 Å². The maximum absolute atomic E-state index is 14.2. The van der Waals surface area contributed by atoms with Crippen LogP contribution in [0.15, 0.2) is 107 Å². The third-order valence-corrected chi connectivity index (χ3v) is 16.4. The van der Waals surface area contributed by atoms with Gasteiger partial charge in [0, 0.05) is 131 Å². The molecule has 6 amide bonds. The van der Waals surface area contributed by atoms with Gasteiger partial charge in [-0.25, -0.2) is 0 Å². The van der Waals surface area contributed by atoms with Gasteiger partial charge >= 0.3 is 0 Å². The monoisotopic (exact) mass is 1160 g/mol. The van der Waals surface area contributed by atoms with Crippen molar-refractivity contribution in [1.82, 2.24) is 24.9 Å². The van der Waals surface area contributed by atoms with Crippen LogP contribution < -0.4 is 34.5 Å². The van der Waals surface area contributed by atoms with E-state index in [1.165, 1.54) is 37.0 Å². The predicted octanol–water partition coefficient (Wildman–Crippen LogP) is 8.41. The molecule has 1 fully saturated rings. The first-order valence-electron chi connectivity index (χ1n) is 29.2. The number of rotatable bonds is 24. The van der Waals surface area contributed by atoms with Crippen LogP contribution in [-0.4, -0.2) is 159 Å². The molecule has 0 saturated carbocycles. The number of nitrogens with one attached hydrogen (secondary N) is 2. The minimum absolute atomic E-state index is 0.0419. The van der Waals surface area contributed by atoms with E-state index in [-0.39, 0.29) is 79.4 Å². The fraction of sp³-hybridized carbons (Fsp3) is 0.400. The van der Waals surface area contributed by atoms with Crippen LogP contribution in [0.5, 0.6) is 23.0 Å². The second-order valence-electron chi connectivity index (χ2n) is 22.6. The molecule has 0 aliphatic carbocycles. The predicted molar refractivity (Wildman–Crippen MR) is 324 cm³/mol. The van der Waals surface area contributed by atoms with Gasteiger partial charge in [0.15, 0.2) is 23.0 Å². The molecule has 0 spiro atoms. The summed E-state index contributed by atoms with van der Waals surface area (Å²) >= 11 is 0. The average molecular weight is 1160 g/mol. The summed E-state index contributed by atoms with van der Waals surface area (Å²) < 4.78 is 23.8. The molecule has 85 heavy (non-hydrogen) atoms. The SMILES string of the molecule is COc1cc2c(cc1OCCCOc1cc3c(cc1OC)C(=O)N1C=C(c4ccc(N5CCN(C)CC5)cc4)C[C@H]1C=N3)N=C[C@@H]1CC(c3ccc(NC(=O)[C@H](C)NC(=O)C(CC(=O)CCCCCN4C(=O)C=CC4=O)C(C)C)cc3)=CN1C2=O. The number of carbonyl (C=O) groups is 7. The first-order valence-corrected chi connectivity index (χ1v) is 29.2. The second kappa shape index (κ2) is 26.3. The van der Waals surface area contributed by atoms with Gasteiger partial charge in [-0.2, -0.15) is 0 Å². The molecule has 0 bridgehead atoms. The molecule has 6 aliphatic heterocycles. The first-order chi connectivity index (χ1) is 41.0. The molecular weight excluding hydrogens is 1080 g/mol. The number of amides is 6. The van der Waals surface area contributed by atoms with Crippen LogP contribution in [-0.2, 0) is 24.0 Å². The molecule has 6 aliphatic rings. The molecule has 4 aromatic rings. The minimum Gasteiger partial charge on any atom is -0.493 e. The number of nitrogens with zero attached hydrogens (tertiary/aromatic N) is 7. The topological polar surface area (TPSA) is 221 Å². The van der Waals surface area contributed by atoms with Gasteiger partial charge in [0.2, 0.25) is 11.8 Å². The Bertz CT molecular complexity index is 3380. The fourth-order valence-electron chi connectivity index (χ4n) is 11.3. The van der Waals surface area contributed by atoms with Crippen LogP contribution in [0.4, 0.5) is 22.7 Å². The number of methoxy groups -OCH3 is 2. The molecule has 0 radical (unpaired) electrons. The minimum atomic E-state index is -0.885. The Morgan fingerprint density at radius 2 is 1.16 bits per heavy atom. The third-order valence-electron chi connectivity index (χ3n) is 16.4. The standard InChI is InChI=1S/C65H73N9O11/c1-40(2)51(31-50(75)11-8-7-9-22-72-60(76)20-21-61(72)77)63(79)68-41(3)62(78)69-46-16-12-42(13-17-46)44-29-48-36-66-54-34-58(56(82-5)32-52(54)64(80)73(48)38-44)84-27-10-28-85-59-35-55-53(33-57(59)83-6)65(81)74-39-45(30-49(74)37-67-55)43-14-18-47(19-15-43)71-25-23-70(4)24-26-71/h12-21,32-41,48-49,51H,7-11,22-31H2,1-6H3,(H,68,79)(H,69,78)/t41-,48-,49-,51?/m0/s1. The van der Waals surface area contributed by atoms with Gasteiger partial charge in [-0.15, -0.1) is 0 Å². The van der Waals surface area contributed by atoms with Crippen molar-refractivity contribution in [2.75, 3.05) is 77.4 Å². The lowest BCUT2D eigenvalue weighted by Crippen LogP contribution is -2.45. The zero-order valence-electron chi connectivity index (χ0n) is 49.0. The Morgan fingerprint density at radius 1 is 0.635 bits per heavy atom. The lowest BCUT2D eigenvalue weighted by molar-refractivity contribution is -0.137. The summed E-state index contributed by atoms with van der Waals surface area (Å²) in [4.78, 5) is 110. The zero-order chi connectivity index (χ0) is 59.9. The van der Waals surface area contributed by atoms with Gasteiger partial charge in [-0.05, 0) is 91.4 Å². The van der Waals surface area contributed by atoms with E-state index in [9.17, 15) is 33.6 Å². The van der Waals surface area contributed by atoms with E-state index < -0.39 is 17.9 Å². The molecule has 20 nitrogen and oxygen atoms in total. The Balaban J connectivity index is 0.682. The van der Waals surface area contributed by atoms with Crippen LogP contribution in [0.3, 0.4) is 0 Å². The number of likely N-dealkylation sites (N-methyl/N-ethyl adjacent to an activating group) is 1. The van der Waals surface area contributed by atoms with Crippen molar-refractivity contribution in [3.8, 4) is 23.0 Å². The summed E-state index contributed by atoms with van der Waals surface area (Å²) in [7, 11) is 5.20. The maximum atomic E-state index is 14.2. The number of anilines is 2. The summed E-state index contributed by atoms with van der Waals surface area (Å²) in [5, 5.41) is 5.65. The van der Waals surface area contributed by atoms with Crippen LogP contribution in [0.2, 0.25) is 0 Å². The molecule has 6 heterocycles. The van der Waals surface area contributed by atoms with Crippen molar-refractivity contribution < 1.29 is 52.5 Å². The Morgan fingerprint density at radius 3 is 1.68 bits per heavy atom. The largest absolute Gasteiger partial charge is 0.493 e. The van der Waals surface area contributed by atoms with Gasteiger partial charge in [0.25, 0.3) is 23.6 Å². The molecule has 10 rings (SSSR count). The van der Waals surface area contributed by atoms with E-state index >= 15 is 0 Å². The first kappa shape index (κ1) is 59.3. The van der Waals surface area contributed by atoms with Crippen molar-refractivity contribution in [3.63, 3.8) is 0 Å². The number of Topliss-reactive ketones (excluding diaryl/α,β-unsaturated/α-hetero) is 1. The number of piperazine rings is 1. The fourth-order valence-corrected chi connectivity index (χ4v) is 11.3. The van der Waals surface area contributed by atoms with E-state index in [4.69, 9.17) is 28.9 Å². The molecular formula is C65H73N9O11. The van der Waals surface area contributed by atoms with E-state index in [1.807, 2.05) is 44.6 Å². The Kier molecular flexibility index (Phi) is 18.4. The molecule has 20 heteroatoms. The third kappa shape index (κ3) is 13.5. The molecule has 2 N–H and O–H groups in total. The quantitative estimate of drug-likeness (QED) is 0.0498. The highest BCUT2D eigenvalue weighted by Crippen LogP contribution is 2.42. The number of ether oxygens (including phenoxy) is 4. The summed E-state index contributed by atoms with van der Waals surface area (Å²) in [5.41, 5.74) is 7.37. The molecule has 4 atom stereocenters. The van der Waals surface area contributed by atoms with Gasteiger partial charge in [0.05, 0.1) is 62.0 Å². The number of hydrogen-bond donors (Lipinski definition) is 2. The van der Waals surface area contributed by atoms with Crippen LogP contribution in [0, 0.1) is 11.8 Å². The normalized spacial score (nSPS) is 18.7. The number of fused-ring (bicyclic) bond motifs is 4. The lowest BCUT2D eigenvalue weighted by Gasteiger charge is -2.34. The van der Waals surface area contributed by atoms with Gasteiger partial charge in [0.1, 0.15) is 11.8 Å².